The average molecular weight is 226 g/mol. The Bertz CT molecular complexity index is 216. The third kappa shape index (κ3) is 4.97. The molecule has 1 atom stereocenters. The first-order valence-electron chi connectivity index (χ1n) is 6.59. The van der Waals surface area contributed by atoms with Crippen LogP contribution in [-0.2, 0) is 4.79 Å². The summed E-state index contributed by atoms with van der Waals surface area (Å²) >= 11 is 0. The topological polar surface area (TPSA) is 32.3 Å². The Morgan fingerprint density at radius 3 is 2.88 bits per heavy atom. The number of amides is 1. The number of rotatable bonds is 5. The highest BCUT2D eigenvalue weighted by molar-refractivity contribution is 5.77. The van der Waals surface area contributed by atoms with Crippen LogP contribution in [0.4, 0.5) is 0 Å². The molecule has 0 unspecified atom stereocenters. The molecule has 0 aromatic rings. The van der Waals surface area contributed by atoms with Crippen LogP contribution in [0.2, 0.25) is 0 Å². The zero-order valence-corrected chi connectivity index (χ0v) is 11.0. The Hall–Kier alpha value is -0.570. The number of hydrogen-bond acceptors (Lipinski definition) is 2. The summed E-state index contributed by atoms with van der Waals surface area (Å²) in [6.07, 6.45) is 3.78. The molecule has 0 aromatic heterocycles. The van der Waals surface area contributed by atoms with Gasteiger partial charge in [0.05, 0.1) is 0 Å². The summed E-state index contributed by atoms with van der Waals surface area (Å²) in [7, 11) is 0. The third-order valence-electron chi connectivity index (χ3n) is 3.22. The molecule has 1 rings (SSSR count). The second-order valence-corrected chi connectivity index (χ2v) is 5.35. The Morgan fingerprint density at radius 1 is 1.50 bits per heavy atom. The van der Waals surface area contributed by atoms with Crippen molar-refractivity contribution in [2.24, 2.45) is 11.8 Å². The molecule has 1 N–H and O–H groups in total. The molecule has 1 aliphatic heterocycles. The van der Waals surface area contributed by atoms with E-state index in [2.05, 4.69) is 17.1 Å². The van der Waals surface area contributed by atoms with E-state index in [-0.39, 0.29) is 11.8 Å². The summed E-state index contributed by atoms with van der Waals surface area (Å²) < 4.78 is 0. The minimum atomic E-state index is 0.106. The van der Waals surface area contributed by atoms with Gasteiger partial charge in [0, 0.05) is 19.0 Å². The molecule has 94 valence electrons. The average Bonchev–Trinajstić information content (AvgIpc) is 2.24. The van der Waals surface area contributed by atoms with Crippen molar-refractivity contribution in [1.29, 1.82) is 0 Å². The van der Waals surface area contributed by atoms with Crippen LogP contribution in [0.25, 0.3) is 0 Å². The van der Waals surface area contributed by atoms with E-state index in [9.17, 15) is 4.79 Å². The molecule has 0 saturated carbocycles. The van der Waals surface area contributed by atoms with Crippen LogP contribution < -0.4 is 5.32 Å². The number of likely N-dealkylation sites (tertiary alicyclic amines) is 1. The van der Waals surface area contributed by atoms with E-state index in [4.69, 9.17) is 0 Å². The number of nitrogens with one attached hydrogen (secondary N) is 1. The summed E-state index contributed by atoms with van der Waals surface area (Å²) in [4.78, 5) is 13.8. The normalized spacial score (nSPS) is 22.4. The van der Waals surface area contributed by atoms with E-state index in [0.29, 0.717) is 0 Å². The summed E-state index contributed by atoms with van der Waals surface area (Å²) in [5.74, 6) is 1.13. The summed E-state index contributed by atoms with van der Waals surface area (Å²) in [6.45, 7) is 10.6. The molecule has 1 fully saturated rings. The van der Waals surface area contributed by atoms with E-state index < -0.39 is 0 Å². The van der Waals surface area contributed by atoms with Gasteiger partial charge in [0.1, 0.15) is 0 Å². The van der Waals surface area contributed by atoms with Gasteiger partial charge in [-0.1, -0.05) is 20.8 Å². The van der Waals surface area contributed by atoms with Gasteiger partial charge >= 0.3 is 0 Å². The Labute approximate surface area is 99.6 Å². The van der Waals surface area contributed by atoms with Gasteiger partial charge in [-0.15, -0.1) is 0 Å². The van der Waals surface area contributed by atoms with Crippen molar-refractivity contribution in [3.63, 3.8) is 0 Å². The third-order valence-corrected chi connectivity index (χ3v) is 3.22. The zero-order chi connectivity index (χ0) is 12.0. The molecular formula is C13H26N2O. The minimum Gasteiger partial charge on any atom is -0.356 e. The van der Waals surface area contributed by atoms with Crippen LogP contribution in [0.1, 0.15) is 40.0 Å². The fourth-order valence-corrected chi connectivity index (χ4v) is 2.21. The molecule has 1 saturated heterocycles. The Balaban J connectivity index is 2.04. The largest absolute Gasteiger partial charge is 0.356 e. The Kier molecular flexibility index (Phi) is 5.81. The van der Waals surface area contributed by atoms with E-state index in [1.54, 1.807) is 0 Å². The van der Waals surface area contributed by atoms with Crippen LogP contribution in [0, 0.1) is 11.8 Å². The van der Waals surface area contributed by atoms with Crippen molar-refractivity contribution in [2.75, 3.05) is 26.2 Å². The van der Waals surface area contributed by atoms with Gasteiger partial charge in [-0.05, 0) is 38.3 Å². The molecule has 16 heavy (non-hydrogen) atoms. The van der Waals surface area contributed by atoms with Crippen molar-refractivity contribution in [3.8, 4) is 0 Å². The molecule has 0 aliphatic carbocycles. The van der Waals surface area contributed by atoms with E-state index in [1.165, 1.54) is 25.9 Å². The number of piperidine rings is 1. The maximum absolute atomic E-state index is 11.3. The first-order chi connectivity index (χ1) is 7.59. The van der Waals surface area contributed by atoms with Crippen molar-refractivity contribution >= 4 is 5.91 Å². The summed E-state index contributed by atoms with van der Waals surface area (Å²) in [5.41, 5.74) is 0. The summed E-state index contributed by atoms with van der Waals surface area (Å²) in [6, 6.07) is 0. The van der Waals surface area contributed by atoms with Crippen LogP contribution in [0.3, 0.4) is 0 Å². The van der Waals surface area contributed by atoms with E-state index >= 15 is 0 Å². The quantitative estimate of drug-likeness (QED) is 0.726. The molecule has 1 aliphatic rings. The highest BCUT2D eigenvalue weighted by Crippen LogP contribution is 2.15. The maximum atomic E-state index is 11.3. The lowest BCUT2D eigenvalue weighted by atomic mass is 10.0. The standard InChI is InChI=1S/C13H26N2O/c1-11(2)13(16)14-7-5-9-15-8-4-6-12(3)10-15/h11-12H,4-10H2,1-3H3,(H,14,16)/t12-/m0/s1. The first kappa shape index (κ1) is 13.5. The van der Waals surface area contributed by atoms with E-state index in [1.807, 2.05) is 13.8 Å². The van der Waals surface area contributed by atoms with Gasteiger partial charge in [-0.25, -0.2) is 0 Å². The molecule has 1 amide bonds. The van der Waals surface area contributed by atoms with Gasteiger partial charge < -0.3 is 10.2 Å². The van der Waals surface area contributed by atoms with Crippen LogP contribution in [0.15, 0.2) is 0 Å². The first-order valence-corrected chi connectivity index (χ1v) is 6.59. The smallest absolute Gasteiger partial charge is 0.222 e. The number of nitrogens with zero attached hydrogens (tertiary/aromatic N) is 1. The fourth-order valence-electron chi connectivity index (χ4n) is 2.21. The molecule has 3 heteroatoms. The SMILES string of the molecule is CC(C)C(=O)NCCCN1CCC[C@H](C)C1. The van der Waals surface area contributed by atoms with Crippen molar-refractivity contribution in [2.45, 2.75) is 40.0 Å². The van der Waals surface area contributed by atoms with Gasteiger partial charge in [0.15, 0.2) is 0 Å². The molecule has 0 spiro atoms. The zero-order valence-electron chi connectivity index (χ0n) is 11.0. The molecule has 1 heterocycles. The molecule has 0 bridgehead atoms. The van der Waals surface area contributed by atoms with Gasteiger partial charge in [-0.3, -0.25) is 4.79 Å². The van der Waals surface area contributed by atoms with Gasteiger partial charge in [0.2, 0.25) is 5.91 Å². The lowest BCUT2D eigenvalue weighted by molar-refractivity contribution is -0.123. The van der Waals surface area contributed by atoms with Crippen LogP contribution in [-0.4, -0.2) is 37.0 Å². The minimum absolute atomic E-state index is 0.106. The second-order valence-electron chi connectivity index (χ2n) is 5.35. The number of carbonyl (C=O) groups is 1. The number of hydrogen-bond donors (Lipinski definition) is 1. The molecule has 0 aromatic carbocycles. The van der Waals surface area contributed by atoms with Crippen LogP contribution >= 0.6 is 0 Å². The van der Waals surface area contributed by atoms with Gasteiger partial charge in [-0.2, -0.15) is 0 Å². The molecular weight excluding hydrogens is 200 g/mol. The van der Waals surface area contributed by atoms with Gasteiger partial charge in [0.25, 0.3) is 0 Å². The Morgan fingerprint density at radius 2 is 2.25 bits per heavy atom. The lowest BCUT2D eigenvalue weighted by Gasteiger charge is -2.30. The summed E-state index contributed by atoms with van der Waals surface area (Å²) in [5, 5.41) is 2.97. The fraction of sp³-hybridized carbons (Fsp3) is 0.923. The van der Waals surface area contributed by atoms with E-state index in [0.717, 1.165) is 25.4 Å². The number of carbonyl (C=O) groups excluding carboxylic acids is 1. The predicted molar refractivity (Wildman–Crippen MR) is 67.3 cm³/mol. The van der Waals surface area contributed by atoms with Crippen molar-refractivity contribution in [1.82, 2.24) is 10.2 Å². The lowest BCUT2D eigenvalue weighted by Crippen LogP contribution is -2.37. The molecule has 3 nitrogen and oxygen atoms in total. The van der Waals surface area contributed by atoms with Crippen molar-refractivity contribution < 1.29 is 4.79 Å². The van der Waals surface area contributed by atoms with Crippen LogP contribution in [0.5, 0.6) is 0 Å². The van der Waals surface area contributed by atoms with Crippen molar-refractivity contribution in [3.05, 3.63) is 0 Å². The highest BCUT2D eigenvalue weighted by Gasteiger charge is 2.15. The highest BCUT2D eigenvalue weighted by atomic mass is 16.1. The predicted octanol–water partition coefficient (Wildman–Crippen LogP) is 1.88. The monoisotopic (exact) mass is 226 g/mol. The molecule has 0 radical (unpaired) electrons. The second kappa shape index (κ2) is 6.89. The maximum Gasteiger partial charge on any atom is 0.222 e.